The van der Waals surface area contributed by atoms with Gasteiger partial charge in [-0.2, -0.15) is 0 Å². The van der Waals surface area contributed by atoms with Gasteiger partial charge in [-0.1, -0.05) is 10.3 Å². The second-order valence-corrected chi connectivity index (χ2v) is 19.2. The van der Waals surface area contributed by atoms with Gasteiger partial charge in [-0.15, -0.1) is 0 Å². The molecule has 0 bridgehead atoms. The third-order valence-electron chi connectivity index (χ3n) is 13.1. The van der Waals surface area contributed by atoms with Crippen molar-refractivity contribution in [1.29, 1.82) is 0 Å². The lowest BCUT2D eigenvalue weighted by Crippen LogP contribution is -2.43. The molecule has 2 aliphatic carbocycles. The number of halogens is 2. The van der Waals surface area contributed by atoms with Crippen LogP contribution in [-0.2, 0) is 9.53 Å². The molecule has 0 radical (unpaired) electrons. The Hall–Kier alpha value is -4.63. The number of nitrogens with zero attached hydrogens (tertiary/aromatic N) is 4. The van der Waals surface area contributed by atoms with Crippen molar-refractivity contribution < 1.29 is 36.9 Å². The Labute approximate surface area is 370 Å². The molecule has 346 valence electrons. The molecule has 0 unspecified atom stereocenters. The van der Waals surface area contributed by atoms with E-state index in [2.05, 4.69) is 31.2 Å². The topological polar surface area (TPSA) is 155 Å². The molecule has 0 atom stereocenters. The number of benzene rings is 2. The molecule has 2 saturated carbocycles. The standard InChI is InChI=1S/C23H33FN4O2.C13H23NO3.C12H13FN2O/c1-27(2)23(29)25-19-6-3-16(4-7-19)9-12-28-13-10-17(11-14-28)22-20-8-5-18(24)15-21(20)30-26-22;1-13(2,3)17-12(16)14-11-6-4-10(5-7-11)8-9-15;13-9-1-2-10-11(7-9)16-15-12(10)8-3-5-14-6-4-8/h5,8,15-17,19H,3-4,6-7,9-14H2,1-2H3,(H,25,29);9-11H,4-8H2,1-3H3,(H,14,16);1-2,7-8,14H,3-6H2. The van der Waals surface area contributed by atoms with Crippen molar-refractivity contribution in [2.45, 2.75) is 140 Å². The van der Waals surface area contributed by atoms with E-state index in [0.717, 1.165) is 131 Å². The average Bonchev–Trinajstić information content (AvgIpc) is 3.88. The Balaban J connectivity index is 0.000000170. The first-order valence-electron chi connectivity index (χ1n) is 23.2. The summed E-state index contributed by atoms with van der Waals surface area (Å²) in [5, 5.41) is 19.6. The Morgan fingerprint density at radius 3 is 1.79 bits per heavy atom. The van der Waals surface area contributed by atoms with E-state index in [9.17, 15) is 23.2 Å². The Morgan fingerprint density at radius 2 is 1.29 bits per heavy atom. The zero-order valence-corrected chi connectivity index (χ0v) is 37.9. The zero-order valence-electron chi connectivity index (χ0n) is 37.9. The van der Waals surface area contributed by atoms with E-state index in [1.165, 1.54) is 43.5 Å². The SMILES string of the molecule is CC(C)(C)OC(=O)NC1CCC(CC=O)CC1.CN(C)C(=O)NC1CCC(CCN2CCC(c3noc4cc(F)ccc34)CC2)CC1.Fc1ccc2c(C3CCNCC3)noc2c1. The molecule has 63 heavy (non-hydrogen) atoms. The van der Waals surface area contributed by atoms with Gasteiger partial charge in [0, 0.05) is 67.3 Å². The molecule has 13 nitrogen and oxygen atoms in total. The van der Waals surface area contributed by atoms with Gasteiger partial charge in [0.15, 0.2) is 11.2 Å². The fraction of sp³-hybridized carbons (Fsp3) is 0.646. The fourth-order valence-electron chi connectivity index (χ4n) is 9.39. The molecule has 4 heterocycles. The molecule has 4 aromatic rings. The van der Waals surface area contributed by atoms with Crippen molar-refractivity contribution >= 4 is 40.3 Å². The van der Waals surface area contributed by atoms with Gasteiger partial charge in [0.1, 0.15) is 23.5 Å². The number of urea groups is 1. The van der Waals surface area contributed by atoms with Crippen LogP contribution in [0.3, 0.4) is 0 Å². The number of carbonyl (C=O) groups excluding carboxylic acids is 3. The van der Waals surface area contributed by atoms with E-state index in [0.29, 0.717) is 41.4 Å². The van der Waals surface area contributed by atoms with Gasteiger partial charge in [0.2, 0.25) is 0 Å². The Bertz CT molecular complexity index is 2050. The molecule has 2 aliphatic heterocycles. The lowest BCUT2D eigenvalue weighted by molar-refractivity contribution is -0.108. The number of fused-ring (bicyclic) bond motifs is 2. The van der Waals surface area contributed by atoms with Gasteiger partial charge < -0.3 is 44.3 Å². The van der Waals surface area contributed by atoms with Crippen molar-refractivity contribution in [1.82, 2.24) is 36.1 Å². The predicted molar refractivity (Wildman–Crippen MR) is 240 cm³/mol. The van der Waals surface area contributed by atoms with E-state index in [-0.39, 0.29) is 29.8 Å². The number of aldehydes is 1. The largest absolute Gasteiger partial charge is 0.444 e. The van der Waals surface area contributed by atoms with Gasteiger partial charge >= 0.3 is 12.1 Å². The number of amides is 3. The molecule has 3 N–H and O–H groups in total. The van der Waals surface area contributed by atoms with Gasteiger partial charge in [-0.05, 0) is 173 Å². The maximum absolute atomic E-state index is 13.4. The summed E-state index contributed by atoms with van der Waals surface area (Å²) >= 11 is 0. The van der Waals surface area contributed by atoms with Gasteiger partial charge in [0.25, 0.3) is 0 Å². The van der Waals surface area contributed by atoms with Crippen molar-refractivity contribution in [2.75, 3.05) is 46.8 Å². The van der Waals surface area contributed by atoms with Crippen LogP contribution >= 0.6 is 0 Å². The Kier molecular flexibility index (Phi) is 17.3. The van der Waals surface area contributed by atoms with Crippen LogP contribution in [0.25, 0.3) is 21.9 Å². The lowest BCUT2D eigenvalue weighted by Gasteiger charge is -2.34. The number of hydrogen-bond donors (Lipinski definition) is 3. The summed E-state index contributed by atoms with van der Waals surface area (Å²) in [4.78, 5) is 37.9. The quantitative estimate of drug-likeness (QED) is 0.139. The summed E-state index contributed by atoms with van der Waals surface area (Å²) in [6.07, 6.45) is 15.3. The summed E-state index contributed by atoms with van der Waals surface area (Å²) in [5.74, 6) is 1.54. The number of piperidine rings is 2. The molecule has 8 rings (SSSR count). The molecule has 2 saturated heterocycles. The minimum absolute atomic E-state index is 0.0198. The number of rotatable bonds is 9. The Morgan fingerprint density at radius 1 is 0.778 bits per heavy atom. The maximum atomic E-state index is 13.4. The van der Waals surface area contributed by atoms with Crippen molar-refractivity contribution in [3.8, 4) is 0 Å². The minimum atomic E-state index is -0.446. The lowest BCUT2D eigenvalue weighted by atomic mass is 9.83. The molecule has 3 amide bonds. The van der Waals surface area contributed by atoms with Crippen molar-refractivity contribution in [3.05, 3.63) is 59.4 Å². The normalized spacial score (nSPS) is 22.6. The van der Waals surface area contributed by atoms with Crippen LogP contribution in [0.5, 0.6) is 0 Å². The zero-order chi connectivity index (χ0) is 44.9. The smallest absolute Gasteiger partial charge is 0.407 e. The molecule has 15 heteroatoms. The molecule has 2 aromatic carbocycles. The van der Waals surface area contributed by atoms with Crippen LogP contribution in [0.1, 0.15) is 134 Å². The highest BCUT2D eigenvalue weighted by Gasteiger charge is 2.28. The minimum Gasteiger partial charge on any atom is -0.444 e. The van der Waals surface area contributed by atoms with E-state index in [1.54, 1.807) is 31.1 Å². The van der Waals surface area contributed by atoms with Crippen LogP contribution in [-0.4, -0.2) is 103 Å². The highest BCUT2D eigenvalue weighted by molar-refractivity contribution is 5.80. The monoisotopic (exact) mass is 878 g/mol. The second-order valence-electron chi connectivity index (χ2n) is 19.2. The highest BCUT2D eigenvalue weighted by Crippen LogP contribution is 2.35. The molecular formula is C48H69F2N7O6. The van der Waals surface area contributed by atoms with Crippen LogP contribution in [0.4, 0.5) is 18.4 Å². The van der Waals surface area contributed by atoms with E-state index < -0.39 is 5.60 Å². The number of carbonyl (C=O) groups is 3. The van der Waals surface area contributed by atoms with Crippen molar-refractivity contribution in [3.63, 3.8) is 0 Å². The van der Waals surface area contributed by atoms with E-state index in [1.807, 2.05) is 20.8 Å². The van der Waals surface area contributed by atoms with Gasteiger partial charge in [-0.3, -0.25) is 0 Å². The molecule has 2 aromatic heterocycles. The highest BCUT2D eigenvalue weighted by atomic mass is 19.1. The molecule has 4 aliphatic rings. The first-order valence-corrected chi connectivity index (χ1v) is 23.2. The number of aromatic nitrogens is 2. The number of nitrogens with one attached hydrogen (secondary N) is 3. The first kappa shape index (κ1) is 47.8. The number of hydrogen-bond acceptors (Lipinski definition) is 10. The van der Waals surface area contributed by atoms with E-state index in [4.69, 9.17) is 13.8 Å². The number of ether oxygens (including phenoxy) is 1. The first-order chi connectivity index (χ1) is 30.2. The second kappa shape index (κ2) is 22.8. The summed E-state index contributed by atoms with van der Waals surface area (Å²) < 4.78 is 42.1. The molecule has 0 spiro atoms. The predicted octanol–water partition coefficient (Wildman–Crippen LogP) is 9.46. The third-order valence-corrected chi connectivity index (χ3v) is 13.1. The average molecular weight is 878 g/mol. The number of likely N-dealkylation sites (tertiary alicyclic amines) is 1. The molecular weight excluding hydrogens is 809 g/mol. The summed E-state index contributed by atoms with van der Waals surface area (Å²) in [6, 6.07) is 9.87. The van der Waals surface area contributed by atoms with Crippen LogP contribution in [0, 0.1) is 23.5 Å². The molecule has 4 fully saturated rings. The van der Waals surface area contributed by atoms with Crippen LogP contribution in [0.2, 0.25) is 0 Å². The fourth-order valence-corrected chi connectivity index (χ4v) is 9.39. The summed E-state index contributed by atoms with van der Waals surface area (Å²) in [7, 11) is 3.57. The van der Waals surface area contributed by atoms with Gasteiger partial charge in [0.05, 0.1) is 11.4 Å². The van der Waals surface area contributed by atoms with Crippen LogP contribution < -0.4 is 16.0 Å². The van der Waals surface area contributed by atoms with Crippen molar-refractivity contribution in [2.24, 2.45) is 11.8 Å². The third kappa shape index (κ3) is 14.4. The van der Waals surface area contributed by atoms with Crippen LogP contribution in [0.15, 0.2) is 45.4 Å². The van der Waals surface area contributed by atoms with Gasteiger partial charge in [-0.25, -0.2) is 18.4 Å². The summed E-state index contributed by atoms with van der Waals surface area (Å²) in [5.41, 5.74) is 2.62. The summed E-state index contributed by atoms with van der Waals surface area (Å²) in [6.45, 7) is 10.9. The maximum Gasteiger partial charge on any atom is 0.407 e. The number of alkyl carbamates (subject to hydrolysis) is 1. The van der Waals surface area contributed by atoms with E-state index >= 15 is 0 Å².